The third-order valence-corrected chi connectivity index (χ3v) is 4.22. The minimum Gasteiger partial charge on any atom is -0.349 e. The lowest BCUT2D eigenvalue weighted by Crippen LogP contribution is -2.35. The predicted molar refractivity (Wildman–Crippen MR) is 80.7 cm³/mol. The quantitative estimate of drug-likeness (QED) is 0.530. The van der Waals surface area contributed by atoms with E-state index in [1.165, 1.54) is 5.01 Å². The van der Waals surface area contributed by atoms with Crippen LogP contribution in [0.25, 0.3) is 0 Å². The Bertz CT molecular complexity index is 508. The van der Waals surface area contributed by atoms with E-state index in [1.54, 1.807) is 26.4 Å². The van der Waals surface area contributed by atoms with Crippen molar-refractivity contribution in [3.05, 3.63) is 18.0 Å². The van der Waals surface area contributed by atoms with Crippen LogP contribution in [0.3, 0.4) is 0 Å². The number of sulfonamides is 1. The van der Waals surface area contributed by atoms with Crippen LogP contribution in [0, 0.1) is 0 Å². The second-order valence-corrected chi connectivity index (χ2v) is 6.69. The average Bonchev–Trinajstić information content (AvgIpc) is 2.73. The van der Waals surface area contributed by atoms with Crippen LogP contribution in [0.5, 0.6) is 0 Å². The Morgan fingerprint density at radius 2 is 1.95 bits per heavy atom. The van der Waals surface area contributed by atoms with Crippen LogP contribution in [-0.2, 0) is 23.1 Å². The Kier molecular flexibility index (Phi) is 6.67. The minimum atomic E-state index is -3.48. The number of aryl methyl sites for hydroxylation is 1. The van der Waals surface area contributed by atoms with Crippen molar-refractivity contribution >= 4 is 10.0 Å². The molecule has 1 aromatic heterocycles. The van der Waals surface area contributed by atoms with E-state index in [4.69, 9.17) is 0 Å². The highest BCUT2D eigenvalue weighted by molar-refractivity contribution is 7.89. The fraction of sp³-hybridized carbons (Fsp3) is 0.692. The van der Waals surface area contributed by atoms with Gasteiger partial charge >= 0.3 is 0 Å². The van der Waals surface area contributed by atoms with Crippen LogP contribution in [-0.4, -0.2) is 38.6 Å². The molecular formula is C13H26N4O2S. The van der Waals surface area contributed by atoms with Crippen molar-refractivity contribution in [1.82, 2.24) is 19.7 Å². The van der Waals surface area contributed by atoms with Crippen LogP contribution < -0.4 is 10.1 Å². The summed E-state index contributed by atoms with van der Waals surface area (Å²) in [6.45, 7) is 6.62. The van der Waals surface area contributed by atoms with Gasteiger partial charge < -0.3 is 9.88 Å². The van der Waals surface area contributed by atoms with Gasteiger partial charge in [0.25, 0.3) is 10.0 Å². The summed E-state index contributed by atoms with van der Waals surface area (Å²) in [6.07, 6.45) is 3.73. The molecule has 1 aromatic rings. The molecule has 0 unspecified atom stereocenters. The van der Waals surface area contributed by atoms with Gasteiger partial charge in [-0.05, 0) is 25.5 Å². The molecule has 0 bridgehead atoms. The molecule has 0 fully saturated rings. The molecule has 20 heavy (non-hydrogen) atoms. The first-order valence-corrected chi connectivity index (χ1v) is 8.48. The zero-order valence-corrected chi connectivity index (χ0v) is 13.6. The van der Waals surface area contributed by atoms with Gasteiger partial charge in [-0.15, -0.1) is 4.83 Å². The van der Waals surface area contributed by atoms with Crippen molar-refractivity contribution in [2.45, 2.75) is 44.7 Å². The summed E-state index contributed by atoms with van der Waals surface area (Å²) in [5.74, 6) is 0. The molecule has 0 spiro atoms. The second-order valence-electron chi connectivity index (χ2n) is 5.03. The smallest absolute Gasteiger partial charge is 0.254 e. The van der Waals surface area contributed by atoms with Crippen LogP contribution in [0.4, 0.5) is 0 Å². The first-order valence-electron chi connectivity index (χ1n) is 7.00. The van der Waals surface area contributed by atoms with Gasteiger partial charge in [0.1, 0.15) is 4.90 Å². The predicted octanol–water partition coefficient (Wildman–Crippen LogP) is 1.15. The van der Waals surface area contributed by atoms with Crippen molar-refractivity contribution in [3.63, 3.8) is 0 Å². The fourth-order valence-corrected chi connectivity index (χ4v) is 3.10. The summed E-state index contributed by atoms with van der Waals surface area (Å²) in [4.78, 5) is 2.77. The monoisotopic (exact) mass is 302 g/mol. The SMILES string of the molecule is CCCNCc1cc(S(=O)(=O)NN(C)C)cn1CCC. The lowest BCUT2D eigenvalue weighted by atomic mass is 10.4. The molecule has 7 heteroatoms. The molecule has 0 radical (unpaired) electrons. The third kappa shape index (κ3) is 4.90. The Labute approximate surface area is 122 Å². The zero-order chi connectivity index (χ0) is 15.2. The maximum atomic E-state index is 12.2. The summed E-state index contributed by atoms with van der Waals surface area (Å²) in [6, 6.07) is 1.74. The number of hydrogen-bond donors (Lipinski definition) is 2. The van der Waals surface area contributed by atoms with Crippen molar-refractivity contribution in [3.8, 4) is 0 Å². The lowest BCUT2D eigenvalue weighted by Gasteiger charge is -2.10. The molecule has 116 valence electrons. The van der Waals surface area contributed by atoms with Crippen LogP contribution in [0.2, 0.25) is 0 Å². The molecule has 0 amide bonds. The number of aromatic nitrogens is 1. The number of nitrogens with zero attached hydrogens (tertiary/aromatic N) is 2. The highest BCUT2D eigenvalue weighted by Gasteiger charge is 2.18. The van der Waals surface area contributed by atoms with Gasteiger partial charge in [-0.3, -0.25) is 0 Å². The largest absolute Gasteiger partial charge is 0.349 e. The Morgan fingerprint density at radius 1 is 1.25 bits per heavy atom. The van der Waals surface area contributed by atoms with Gasteiger partial charge in [-0.25, -0.2) is 13.4 Å². The summed E-state index contributed by atoms with van der Waals surface area (Å²) >= 11 is 0. The molecule has 6 nitrogen and oxygen atoms in total. The lowest BCUT2D eigenvalue weighted by molar-refractivity contribution is 0.364. The van der Waals surface area contributed by atoms with E-state index in [2.05, 4.69) is 24.0 Å². The van der Waals surface area contributed by atoms with Gasteiger partial charge in [0.15, 0.2) is 0 Å². The Balaban J connectivity index is 2.95. The minimum absolute atomic E-state index is 0.313. The van der Waals surface area contributed by atoms with Gasteiger partial charge in [-0.1, -0.05) is 13.8 Å². The molecule has 0 atom stereocenters. The summed E-state index contributed by atoms with van der Waals surface area (Å²) in [7, 11) is -0.169. The van der Waals surface area contributed by atoms with Gasteiger partial charge in [0.2, 0.25) is 0 Å². The standard InChI is InChI=1S/C13H26N4O2S/c1-5-7-14-10-12-9-13(11-17(12)8-6-2)20(18,19)15-16(3)4/h9,11,14-15H,5-8,10H2,1-4H3. The van der Waals surface area contributed by atoms with Crippen LogP contribution in [0.1, 0.15) is 32.4 Å². The molecule has 2 N–H and O–H groups in total. The van der Waals surface area contributed by atoms with Crippen molar-refractivity contribution in [1.29, 1.82) is 0 Å². The molecule has 0 saturated heterocycles. The Morgan fingerprint density at radius 3 is 2.50 bits per heavy atom. The number of rotatable bonds is 9. The first kappa shape index (κ1) is 17.2. The maximum Gasteiger partial charge on any atom is 0.254 e. The third-order valence-electron chi connectivity index (χ3n) is 2.77. The summed E-state index contributed by atoms with van der Waals surface area (Å²) in [5.41, 5.74) is 0.999. The number of nitrogens with one attached hydrogen (secondary N) is 2. The molecular weight excluding hydrogens is 276 g/mol. The molecule has 1 heterocycles. The average molecular weight is 302 g/mol. The van der Waals surface area contributed by atoms with Crippen LogP contribution >= 0.6 is 0 Å². The molecule has 0 aliphatic rings. The van der Waals surface area contributed by atoms with Crippen molar-refractivity contribution in [2.75, 3.05) is 20.6 Å². The van der Waals surface area contributed by atoms with Crippen molar-refractivity contribution in [2.24, 2.45) is 0 Å². The van der Waals surface area contributed by atoms with E-state index >= 15 is 0 Å². The van der Waals surface area contributed by atoms with E-state index in [-0.39, 0.29) is 0 Å². The molecule has 0 aromatic carbocycles. The van der Waals surface area contributed by atoms with Crippen molar-refractivity contribution < 1.29 is 8.42 Å². The number of hydrazine groups is 1. The summed E-state index contributed by atoms with van der Waals surface area (Å²) in [5, 5.41) is 4.74. The van der Waals surface area contributed by atoms with E-state index in [1.807, 2.05) is 4.57 Å². The highest BCUT2D eigenvalue weighted by Crippen LogP contribution is 2.15. The second kappa shape index (κ2) is 7.78. The topological polar surface area (TPSA) is 66.4 Å². The van der Waals surface area contributed by atoms with E-state index in [0.29, 0.717) is 11.4 Å². The first-order chi connectivity index (χ1) is 9.40. The van der Waals surface area contributed by atoms with Gasteiger partial charge in [0, 0.05) is 39.1 Å². The Hall–Kier alpha value is -0.890. The fourth-order valence-electron chi connectivity index (χ4n) is 1.96. The van der Waals surface area contributed by atoms with E-state index < -0.39 is 10.0 Å². The normalized spacial score (nSPS) is 12.2. The number of hydrogen-bond acceptors (Lipinski definition) is 4. The molecule has 1 rings (SSSR count). The molecule has 0 aliphatic carbocycles. The van der Waals surface area contributed by atoms with E-state index in [0.717, 1.165) is 31.6 Å². The van der Waals surface area contributed by atoms with Gasteiger partial charge in [0.05, 0.1) is 0 Å². The molecule has 0 aliphatic heterocycles. The maximum absolute atomic E-state index is 12.2. The highest BCUT2D eigenvalue weighted by atomic mass is 32.2. The molecule has 0 saturated carbocycles. The zero-order valence-electron chi connectivity index (χ0n) is 12.8. The van der Waals surface area contributed by atoms with E-state index in [9.17, 15) is 8.42 Å². The summed E-state index contributed by atoms with van der Waals surface area (Å²) < 4.78 is 26.3. The van der Waals surface area contributed by atoms with Gasteiger partial charge in [-0.2, -0.15) is 0 Å². The van der Waals surface area contributed by atoms with Crippen LogP contribution in [0.15, 0.2) is 17.2 Å².